The van der Waals surface area contributed by atoms with Gasteiger partial charge in [0.15, 0.2) is 0 Å². The Kier molecular flexibility index (Phi) is 6.60. The Labute approximate surface area is 187 Å². The van der Waals surface area contributed by atoms with E-state index in [4.69, 9.17) is 22.1 Å². The van der Waals surface area contributed by atoms with Crippen molar-refractivity contribution >= 4 is 29.1 Å². The van der Waals surface area contributed by atoms with Gasteiger partial charge in [-0.15, -0.1) is 0 Å². The number of ether oxygens (including phenoxy) is 1. The molecule has 1 atom stereocenters. The van der Waals surface area contributed by atoms with Crippen molar-refractivity contribution < 1.29 is 14.3 Å². The second-order valence-corrected chi connectivity index (χ2v) is 8.83. The first kappa shape index (κ1) is 21.8. The molecule has 6 nitrogen and oxygen atoms in total. The number of carbonyl (C=O) groups is 2. The van der Waals surface area contributed by atoms with Crippen molar-refractivity contribution in [3.05, 3.63) is 64.7 Å². The summed E-state index contributed by atoms with van der Waals surface area (Å²) in [5.74, 6) is -0.323. The summed E-state index contributed by atoms with van der Waals surface area (Å²) in [6.45, 7) is 2.54. The zero-order valence-electron chi connectivity index (χ0n) is 17.5. The quantitative estimate of drug-likeness (QED) is 0.718. The highest BCUT2D eigenvalue weighted by Crippen LogP contribution is 2.37. The summed E-state index contributed by atoms with van der Waals surface area (Å²) < 4.78 is 5.54. The molecule has 2 aliphatic rings. The maximum atomic E-state index is 13.5. The molecule has 0 aromatic heterocycles. The first-order valence-corrected chi connectivity index (χ1v) is 11.1. The highest BCUT2D eigenvalue weighted by Gasteiger charge is 2.42. The smallest absolute Gasteiger partial charge is 0.235 e. The van der Waals surface area contributed by atoms with E-state index < -0.39 is 5.41 Å². The summed E-state index contributed by atoms with van der Waals surface area (Å²) in [6.07, 6.45) is 2.98. The number of nitrogens with one attached hydrogen (secondary N) is 1. The Balaban J connectivity index is 1.53. The van der Waals surface area contributed by atoms with Gasteiger partial charge in [-0.3, -0.25) is 14.5 Å². The molecule has 0 bridgehead atoms. The van der Waals surface area contributed by atoms with E-state index in [0.717, 1.165) is 36.2 Å². The lowest BCUT2D eigenvalue weighted by Crippen LogP contribution is -2.44. The van der Waals surface area contributed by atoms with Gasteiger partial charge in [0, 0.05) is 30.5 Å². The van der Waals surface area contributed by atoms with Gasteiger partial charge in [-0.1, -0.05) is 35.9 Å². The summed E-state index contributed by atoms with van der Waals surface area (Å²) in [5.41, 5.74) is 7.56. The predicted octanol–water partition coefficient (Wildman–Crippen LogP) is 3.48. The number of amides is 2. The van der Waals surface area contributed by atoms with Crippen LogP contribution in [0, 0.1) is 0 Å². The van der Waals surface area contributed by atoms with E-state index in [-0.39, 0.29) is 17.9 Å². The molecular formula is C24H28ClN3O3. The number of benzene rings is 2. The molecule has 2 fully saturated rings. The van der Waals surface area contributed by atoms with Gasteiger partial charge in [-0.25, -0.2) is 0 Å². The average molecular weight is 442 g/mol. The van der Waals surface area contributed by atoms with Gasteiger partial charge in [0.25, 0.3) is 0 Å². The third-order valence-corrected chi connectivity index (χ3v) is 6.66. The monoisotopic (exact) mass is 441 g/mol. The lowest BCUT2D eigenvalue weighted by Gasteiger charge is -2.36. The third-order valence-electron chi connectivity index (χ3n) is 6.42. The molecule has 0 saturated carbocycles. The molecule has 31 heavy (non-hydrogen) atoms. The molecule has 2 amide bonds. The largest absolute Gasteiger partial charge is 0.381 e. The van der Waals surface area contributed by atoms with Gasteiger partial charge in [-0.05, 0) is 67.6 Å². The Morgan fingerprint density at radius 1 is 1.16 bits per heavy atom. The number of likely N-dealkylation sites (tertiary alicyclic amines) is 1. The molecule has 2 aromatic carbocycles. The van der Waals surface area contributed by atoms with E-state index in [1.807, 2.05) is 48.5 Å². The van der Waals surface area contributed by atoms with Crippen LogP contribution in [0.2, 0.25) is 5.02 Å². The standard InChI is InChI=1S/C24H28ClN3O3/c25-19-6-2-5-18(15-19)24(9-12-31-13-10-24)23(30)27-20-7-1-4-17(14-20)16-28-11-3-8-21(28)22(26)29/h1-2,4-7,14-15,21H,3,8-13,16H2,(H2,26,29)(H,27,30). The summed E-state index contributed by atoms with van der Waals surface area (Å²) >= 11 is 6.23. The molecular weight excluding hydrogens is 414 g/mol. The number of halogens is 1. The van der Waals surface area contributed by atoms with Gasteiger partial charge in [-0.2, -0.15) is 0 Å². The SMILES string of the molecule is NC(=O)C1CCCN1Cc1cccc(NC(=O)C2(c3cccc(Cl)c3)CCOCC2)c1. The number of nitrogens with zero attached hydrogens (tertiary/aromatic N) is 1. The number of anilines is 1. The van der Waals surface area contributed by atoms with Crippen LogP contribution in [-0.2, 0) is 26.3 Å². The van der Waals surface area contributed by atoms with Crippen LogP contribution in [0.25, 0.3) is 0 Å². The van der Waals surface area contributed by atoms with Crippen LogP contribution in [-0.4, -0.2) is 42.5 Å². The Bertz CT molecular complexity index is 959. The first-order valence-electron chi connectivity index (χ1n) is 10.8. The highest BCUT2D eigenvalue weighted by molar-refractivity contribution is 6.30. The zero-order chi connectivity index (χ0) is 21.8. The highest BCUT2D eigenvalue weighted by atomic mass is 35.5. The molecule has 2 heterocycles. The number of nitrogens with two attached hydrogens (primary N) is 1. The van der Waals surface area contributed by atoms with Crippen LogP contribution in [0.15, 0.2) is 48.5 Å². The third kappa shape index (κ3) is 4.76. The van der Waals surface area contributed by atoms with E-state index in [0.29, 0.717) is 37.6 Å². The number of carbonyl (C=O) groups excluding carboxylic acids is 2. The molecule has 2 saturated heterocycles. The fraction of sp³-hybridized carbons (Fsp3) is 0.417. The molecule has 0 radical (unpaired) electrons. The lowest BCUT2D eigenvalue weighted by atomic mass is 9.73. The van der Waals surface area contributed by atoms with Gasteiger partial charge in [0.05, 0.1) is 11.5 Å². The number of primary amides is 1. The Morgan fingerprint density at radius 3 is 2.68 bits per heavy atom. The zero-order valence-corrected chi connectivity index (χ0v) is 18.2. The van der Waals surface area contributed by atoms with E-state index >= 15 is 0 Å². The van der Waals surface area contributed by atoms with Gasteiger partial charge < -0.3 is 15.8 Å². The van der Waals surface area contributed by atoms with E-state index in [2.05, 4.69) is 10.2 Å². The van der Waals surface area contributed by atoms with Crippen molar-refractivity contribution in [1.29, 1.82) is 0 Å². The van der Waals surface area contributed by atoms with Crippen LogP contribution in [0.3, 0.4) is 0 Å². The normalized spacial score (nSPS) is 21.0. The van der Waals surface area contributed by atoms with Gasteiger partial charge >= 0.3 is 0 Å². The van der Waals surface area contributed by atoms with Crippen molar-refractivity contribution in [2.24, 2.45) is 5.73 Å². The van der Waals surface area contributed by atoms with Crippen LogP contribution in [0.5, 0.6) is 0 Å². The van der Waals surface area contributed by atoms with Crippen molar-refractivity contribution in [3.8, 4) is 0 Å². The van der Waals surface area contributed by atoms with Crippen LogP contribution >= 0.6 is 11.6 Å². The van der Waals surface area contributed by atoms with E-state index in [1.54, 1.807) is 0 Å². The summed E-state index contributed by atoms with van der Waals surface area (Å²) in [5, 5.41) is 3.74. The van der Waals surface area contributed by atoms with Crippen LogP contribution in [0.1, 0.15) is 36.8 Å². The molecule has 0 spiro atoms. The molecule has 0 aliphatic carbocycles. The maximum Gasteiger partial charge on any atom is 0.235 e. The van der Waals surface area contributed by atoms with Crippen molar-refractivity contribution in [3.63, 3.8) is 0 Å². The molecule has 164 valence electrons. The second-order valence-electron chi connectivity index (χ2n) is 8.39. The molecule has 3 N–H and O–H groups in total. The Hall–Kier alpha value is -2.41. The average Bonchev–Trinajstić information content (AvgIpc) is 3.23. The van der Waals surface area contributed by atoms with E-state index in [1.165, 1.54) is 0 Å². The first-order chi connectivity index (χ1) is 15.0. The molecule has 1 unspecified atom stereocenters. The van der Waals surface area contributed by atoms with Crippen molar-refractivity contribution in [2.75, 3.05) is 25.1 Å². The van der Waals surface area contributed by atoms with Gasteiger partial charge in [0.1, 0.15) is 0 Å². The lowest BCUT2D eigenvalue weighted by molar-refractivity contribution is -0.125. The minimum Gasteiger partial charge on any atom is -0.381 e. The molecule has 2 aromatic rings. The topological polar surface area (TPSA) is 84.7 Å². The fourth-order valence-corrected chi connectivity index (χ4v) is 4.91. The minimum absolute atomic E-state index is 0.0496. The van der Waals surface area contributed by atoms with Crippen LogP contribution < -0.4 is 11.1 Å². The minimum atomic E-state index is -0.675. The summed E-state index contributed by atoms with van der Waals surface area (Å²) in [6, 6.07) is 15.1. The van der Waals surface area contributed by atoms with Crippen molar-refractivity contribution in [2.45, 2.75) is 43.7 Å². The summed E-state index contributed by atoms with van der Waals surface area (Å²) in [7, 11) is 0. The maximum absolute atomic E-state index is 13.5. The number of rotatable bonds is 6. The molecule has 4 rings (SSSR count). The molecule has 2 aliphatic heterocycles. The van der Waals surface area contributed by atoms with Crippen molar-refractivity contribution in [1.82, 2.24) is 4.90 Å². The van der Waals surface area contributed by atoms with E-state index in [9.17, 15) is 9.59 Å². The van der Waals surface area contributed by atoms with Gasteiger partial charge in [0.2, 0.25) is 11.8 Å². The summed E-state index contributed by atoms with van der Waals surface area (Å²) in [4.78, 5) is 27.3. The Morgan fingerprint density at radius 2 is 1.94 bits per heavy atom. The second kappa shape index (κ2) is 9.39. The van der Waals surface area contributed by atoms with Crippen LogP contribution in [0.4, 0.5) is 5.69 Å². The number of hydrogen-bond donors (Lipinski definition) is 2. The number of hydrogen-bond acceptors (Lipinski definition) is 4. The molecule has 7 heteroatoms. The predicted molar refractivity (Wildman–Crippen MR) is 121 cm³/mol. The fourth-order valence-electron chi connectivity index (χ4n) is 4.72.